The third-order valence-electron chi connectivity index (χ3n) is 2.62. The zero-order valence-electron chi connectivity index (χ0n) is 11.2. The summed E-state index contributed by atoms with van der Waals surface area (Å²) in [7, 11) is 0. The monoisotopic (exact) mass is 287 g/mol. The van der Waals surface area contributed by atoms with Gasteiger partial charge in [-0.15, -0.1) is 5.10 Å². The number of anilines is 1. The van der Waals surface area contributed by atoms with E-state index in [1.807, 2.05) is 0 Å². The SMILES string of the molecule is NCC#Cc1ccc(NC(=O)CCn2ccnn2)cc1F. The van der Waals surface area contributed by atoms with E-state index in [9.17, 15) is 9.18 Å². The molecule has 6 nitrogen and oxygen atoms in total. The normalized spacial score (nSPS) is 9.81. The third-order valence-corrected chi connectivity index (χ3v) is 2.62. The lowest BCUT2D eigenvalue weighted by Crippen LogP contribution is -2.15. The van der Waals surface area contributed by atoms with Crippen molar-refractivity contribution in [3.63, 3.8) is 0 Å². The second-order valence-corrected chi connectivity index (χ2v) is 4.16. The topological polar surface area (TPSA) is 85.8 Å². The summed E-state index contributed by atoms with van der Waals surface area (Å²) in [6, 6.07) is 4.33. The molecule has 0 unspecified atom stereocenters. The van der Waals surface area contributed by atoms with E-state index in [-0.39, 0.29) is 24.4 Å². The first kappa shape index (κ1) is 14.7. The highest BCUT2D eigenvalue weighted by molar-refractivity contribution is 5.90. The molecule has 0 aliphatic carbocycles. The summed E-state index contributed by atoms with van der Waals surface area (Å²) in [6.07, 6.45) is 3.42. The Hall–Kier alpha value is -2.72. The minimum atomic E-state index is -0.495. The summed E-state index contributed by atoms with van der Waals surface area (Å²) in [6.45, 7) is 0.578. The van der Waals surface area contributed by atoms with Gasteiger partial charge in [-0.05, 0) is 18.2 Å². The smallest absolute Gasteiger partial charge is 0.226 e. The van der Waals surface area contributed by atoms with E-state index in [1.54, 1.807) is 16.9 Å². The Morgan fingerprint density at radius 3 is 3.00 bits per heavy atom. The van der Waals surface area contributed by atoms with Crippen molar-refractivity contribution < 1.29 is 9.18 Å². The van der Waals surface area contributed by atoms with Crippen LogP contribution in [0.5, 0.6) is 0 Å². The molecule has 2 aromatic rings. The molecule has 0 atom stereocenters. The number of aryl methyl sites for hydroxylation is 1. The van der Waals surface area contributed by atoms with Gasteiger partial charge in [0.15, 0.2) is 0 Å². The van der Waals surface area contributed by atoms with Gasteiger partial charge >= 0.3 is 0 Å². The van der Waals surface area contributed by atoms with Gasteiger partial charge in [0.1, 0.15) is 5.82 Å². The molecule has 0 spiro atoms. The number of amides is 1. The van der Waals surface area contributed by atoms with Crippen LogP contribution in [0.2, 0.25) is 0 Å². The highest BCUT2D eigenvalue weighted by Crippen LogP contribution is 2.14. The lowest BCUT2D eigenvalue weighted by molar-refractivity contribution is -0.116. The molecular formula is C14H14FN5O. The van der Waals surface area contributed by atoms with Crippen LogP contribution in [0.1, 0.15) is 12.0 Å². The third kappa shape index (κ3) is 4.40. The molecule has 0 saturated heterocycles. The van der Waals surface area contributed by atoms with Crippen LogP contribution in [-0.4, -0.2) is 27.4 Å². The maximum atomic E-state index is 13.7. The van der Waals surface area contributed by atoms with Crippen LogP contribution in [0.3, 0.4) is 0 Å². The Kier molecular flexibility index (Phi) is 5.01. The fraction of sp³-hybridized carbons (Fsp3) is 0.214. The van der Waals surface area contributed by atoms with Crippen LogP contribution in [0.15, 0.2) is 30.6 Å². The van der Waals surface area contributed by atoms with Gasteiger partial charge in [-0.2, -0.15) is 0 Å². The predicted molar refractivity (Wildman–Crippen MR) is 75.6 cm³/mol. The summed E-state index contributed by atoms with van der Waals surface area (Å²) in [5.41, 5.74) is 5.87. The molecule has 1 aromatic carbocycles. The van der Waals surface area contributed by atoms with Crippen molar-refractivity contribution in [2.24, 2.45) is 5.73 Å². The number of benzene rings is 1. The average molecular weight is 287 g/mol. The molecule has 1 amide bonds. The van der Waals surface area contributed by atoms with Crippen LogP contribution >= 0.6 is 0 Å². The molecule has 7 heteroatoms. The van der Waals surface area contributed by atoms with Crippen LogP contribution in [0, 0.1) is 17.7 Å². The Labute approximate surface area is 121 Å². The molecule has 1 heterocycles. The number of rotatable bonds is 4. The molecular weight excluding hydrogens is 273 g/mol. The molecule has 0 aliphatic heterocycles. The fourth-order valence-electron chi connectivity index (χ4n) is 1.63. The molecule has 2 rings (SSSR count). The zero-order chi connectivity index (χ0) is 15.1. The largest absolute Gasteiger partial charge is 0.326 e. The summed E-state index contributed by atoms with van der Waals surface area (Å²) in [4.78, 5) is 11.7. The van der Waals surface area contributed by atoms with Gasteiger partial charge in [-0.1, -0.05) is 17.1 Å². The van der Waals surface area contributed by atoms with E-state index in [4.69, 9.17) is 5.73 Å². The molecule has 0 radical (unpaired) electrons. The molecule has 21 heavy (non-hydrogen) atoms. The number of carbonyl (C=O) groups excluding carboxylic acids is 1. The molecule has 0 fully saturated rings. The van der Waals surface area contributed by atoms with Gasteiger partial charge in [0, 0.05) is 18.3 Å². The van der Waals surface area contributed by atoms with Crippen LogP contribution in [0.4, 0.5) is 10.1 Å². The zero-order valence-corrected chi connectivity index (χ0v) is 11.2. The number of carbonyl (C=O) groups is 1. The van der Waals surface area contributed by atoms with Gasteiger partial charge in [-0.25, -0.2) is 4.39 Å². The van der Waals surface area contributed by atoms with E-state index in [0.29, 0.717) is 12.2 Å². The van der Waals surface area contributed by atoms with Crippen molar-refractivity contribution >= 4 is 11.6 Å². The van der Waals surface area contributed by atoms with Gasteiger partial charge in [0.2, 0.25) is 5.91 Å². The molecule has 3 N–H and O–H groups in total. The fourth-order valence-corrected chi connectivity index (χ4v) is 1.63. The second-order valence-electron chi connectivity index (χ2n) is 4.16. The first-order valence-electron chi connectivity index (χ1n) is 6.31. The van der Waals surface area contributed by atoms with Gasteiger partial charge in [-0.3, -0.25) is 9.48 Å². The summed E-state index contributed by atoms with van der Waals surface area (Å²) in [5.74, 6) is 4.47. The Balaban J connectivity index is 1.93. The van der Waals surface area contributed by atoms with Crippen LogP contribution in [-0.2, 0) is 11.3 Å². The first-order valence-corrected chi connectivity index (χ1v) is 6.31. The molecule has 108 valence electrons. The minimum absolute atomic E-state index is 0.167. The number of hydrogen-bond donors (Lipinski definition) is 2. The van der Waals surface area contributed by atoms with Crippen LogP contribution < -0.4 is 11.1 Å². The number of nitrogens with zero attached hydrogens (tertiary/aromatic N) is 3. The predicted octanol–water partition coefficient (Wildman–Crippen LogP) is 0.756. The van der Waals surface area contributed by atoms with Crippen molar-refractivity contribution in [2.45, 2.75) is 13.0 Å². The summed E-state index contributed by atoms with van der Waals surface area (Å²) in [5, 5.41) is 10.0. The first-order chi connectivity index (χ1) is 10.2. The number of aromatic nitrogens is 3. The average Bonchev–Trinajstić information content (AvgIpc) is 2.98. The Bertz CT molecular complexity index is 672. The summed E-state index contributed by atoms with van der Waals surface area (Å²) >= 11 is 0. The molecule has 1 aromatic heterocycles. The lowest BCUT2D eigenvalue weighted by Gasteiger charge is -2.06. The number of hydrogen-bond acceptors (Lipinski definition) is 4. The molecule has 0 saturated carbocycles. The standard InChI is InChI=1S/C14H14FN5O/c15-13-10-12(4-3-11(13)2-1-6-16)18-14(21)5-8-20-9-7-17-19-20/h3-4,7,9-10H,5-6,8,16H2,(H,18,21). The quantitative estimate of drug-likeness (QED) is 0.813. The van der Waals surface area contributed by atoms with E-state index in [2.05, 4.69) is 27.5 Å². The number of nitrogens with one attached hydrogen (secondary N) is 1. The van der Waals surface area contributed by atoms with Gasteiger partial charge in [0.25, 0.3) is 0 Å². The minimum Gasteiger partial charge on any atom is -0.326 e. The Morgan fingerprint density at radius 1 is 1.48 bits per heavy atom. The number of halogens is 1. The van der Waals surface area contributed by atoms with Gasteiger partial charge < -0.3 is 11.1 Å². The second kappa shape index (κ2) is 7.17. The Morgan fingerprint density at radius 2 is 2.33 bits per heavy atom. The van der Waals surface area contributed by atoms with Crippen molar-refractivity contribution in [3.05, 3.63) is 42.0 Å². The van der Waals surface area contributed by atoms with Crippen molar-refractivity contribution in [1.82, 2.24) is 15.0 Å². The summed E-state index contributed by atoms with van der Waals surface area (Å²) < 4.78 is 15.3. The van der Waals surface area contributed by atoms with Crippen LogP contribution in [0.25, 0.3) is 0 Å². The highest BCUT2D eigenvalue weighted by Gasteiger charge is 2.06. The maximum Gasteiger partial charge on any atom is 0.226 e. The van der Waals surface area contributed by atoms with E-state index >= 15 is 0 Å². The highest BCUT2D eigenvalue weighted by atomic mass is 19.1. The van der Waals surface area contributed by atoms with E-state index in [0.717, 1.165) is 0 Å². The van der Waals surface area contributed by atoms with Crippen molar-refractivity contribution in [2.75, 3.05) is 11.9 Å². The molecule has 0 bridgehead atoms. The van der Waals surface area contributed by atoms with Crippen molar-refractivity contribution in [1.29, 1.82) is 0 Å². The van der Waals surface area contributed by atoms with E-state index < -0.39 is 5.82 Å². The van der Waals surface area contributed by atoms with Crippen molar-refractivity contribution in [3.8, 4) is 11.8 Å². The molecule has 0 aliphatic rings. The lowest BCUT2D eigenvalue weighted by atomic mass is 10.2. The number of nitrogens with two attached hydrogens (primary N) is 1. The van der Waals surface area contributed by atoms with E-state index in [1.165, 1.54) is 18.3 Å². The maximum absolute atomic E-state index is 13.7. The van der Waals surface area contributed by atoms with Gasteiger partial charge in [0.05, 0.1) is 24.8 Å².